The first kappa shape index (κ1) is 23.4. The molecule has 0 saturated heterocycles. The molecule has 0 bridgehead atoms. The second-order valence-electron chi connectivity index (χ2n) is 8.18. The van der Waals surface area contributed by atoms with Crippen LogP contribution in [0.3, 0.4) is 0 Å². The largest absolute Gasteiger partial charge is 0.363 e. The smallest absolute Gasteiger partial charge is 0.266 e. The number of rotatable bonds is 7. The number of fused-ring (bicyclic) bond motifs is 1. The van der Waals surface area contributed by atoms with Crippen LogP contribution in [0.15, 0.2) is 35.5 Å². The van der Waals surface area contributed by atoms with Crippen LogP contribution in [0.4, 0.5) is 19.0 Å². The van der Waals surface area contributed by atoms with Crippen LogP contribution in [0.1, 0.15) is 62.0 Å². The number of hydrogen-bond donors (Lipinski definition) is 2. The molecule has 33 heavy (non-hydrogen) atoms. The van der Waals surface area contributed by atoms with Crippen LogP contribution >= 0.6 is 0 Å². The summed E-state index contributed by atoms with van der Waals surface area (Å²) in [5.74, 6) is -0.347. The van der Waals surface area contributed by atoms with Gasteiger partial charge in [-0.15, -0.1) is 0 Å². The highest BCUT2D eigenvalue weighted by atomic mass is 32.2. The molecule has 2 N–H and O–H groups in total. The van der Waals surface area contributed by atoms with Gasteiger partial charge in [-0.05, 0) is 32.8 Å². The molecule has 7 nitrogen and oxygen atoms in total. The van der Waals surface area contributed by atoms with Crippen molar-refractivity contribution in [2.75, 3.05) is 5.32 Å². The van der Waals surface area contributed by atoms with E-state index in [1.54, 1.807) is 13.8 Å². The number of aryl methyl sites for hydroxylation is 1. The fraction of sp³-hybridized carbons (Fsp3) is 0.409. The molecule has 0 aliphatic heterocycles. The van der Waals surface area contributed by atoms with Crippen LogP contribution in [-0.4, -0.2) is 29.4 Å². The number of pyridine rings is 1. The molecule has 1 aliphatic carbocycles. The van der Waals surface area contributed by atoms with Crippen LogP contribution < -0.4 is 10.0 Å². The molecule has 0 amide bonds. The van der Waals surface area contributed by atoms with Crippen molar-refractivity contribution in [1.82, 2.24) is 19.7 Å². The highest BCUT2D eigenvalue weighted by molar-refractivity contribution is 7.89. The number of nitrogens with one attached hydrogen (secondary N) is 2. The summed E-state index contributed by atoms with van der Waals surface area (Å²) < 4.78 is 69.2. The average molecular weight is 480 g/mol. The maximum absolute atomic E-state index is 14.6. The molecule has 1 aliphatic rings. The van der Waals surface area contributed by atoms with Gasteiger partial charge in [0, 0.05) is 17.0 Å². The van der Waals surface area contributed by atoms with Gasteiger partial charge in [-0.1, -0.05) is 31.0 Å². The number of hydrogen-bond acceptors (Lipinski definition) is 6. The van der Waals surface area contributed by atoms with Crippen molar-refractivity contribution < 1.29 is 21.6 Å². The van der Waals surface area contributed by atoms with Gasteiger partial charge in [-0.3, -0.25) is 0 Å². The number of sulfonamides is 1. The fourth-order valence-electron chi connectivity index (χ4n) is 4.06. The van der Waals surface area contributed by atoms with Crippen LogP contribution in [0, 0.1) is 12.7 Å². The lowest BCUT2D eigenvalue weighted by atomic mass is 10.0. The quantitative estimate of drug-likeness (QED) is 0.505. The fourth-order valence-corrected chi connectivity index (χ4v) is 5.32. The molecule has 1 aromatic carbocycles. The normalized spacial score (nSPS) is 15.9. The van der Waals surface area contributed by atoms with E-state index in [2.05, 4.69) is 25.0 Å². The van der Waals surface area contributed by atoms with E-state index in [-0.39, 0.29) is 22.4 Å². The summed E-state index contributed by atoms with van der Waals surface area (Å²) in [5, 5.41) is 3.23. The van der Waals surface area contributed by atoms with Gasteiger partial charge in [0.05, 0.1) is 23.3 Å². The van der Waals surface area contributed by atoms with Crippen molar-refractivity contribution in [2.24, 2.45) is 0 Å². The number of aromatic nitrogens is 3. The zero-order valence-corrected chi connectivity index (χ0v) is 19.0. The summed E-state index contributed by atoms with van der Waals surface area (Å²) in [7, 11) is -3.85. The highest BCUT2D eigenvalue weighted by Crippen LogP contribution is 2.31. The molecular formula is C22H24F3N5O2S. The van der Waals surface area contributed by atoms with Gasteiger partial charge in [-0.2, -0.15) is 0 Å². The maximum atomic E-state index is 14.6. The predicted octanol–water partition coefficient (Wildman–Crippen LogP) is 4.80. The standard InChI is InChI=1S/C22H24F3N5O2S/c1-12(15-8-5-9-16(20(15)23)21(24)25)27-22-17-10-19(26-11-18(17)28-13(2)29-22)33(31,32)30-14-6-3-4-7-14/h5,8-12,14,21,30H,3-4,6-7H2,1-2H3,(H,27,28,29)/t12-/m1/s1. The van der Waals surface area contributed by atoms with E-state index >= 15 is 0 Å². The molecule has 2 aromatic heterocycles. The average Bonchev–Trinajstić information content (AvgIpc) is 3.25. The van der Waals surface area contributed by atoms with Crippen molar-refractivity contribution in [3.63, 3.8) is 0 Å². The second-order valence-corrected chi connectivity index (χ2v) is 9.84. The van der Waals surface area contributed by atoms with E-state index in [9.17, 15) is 21.6 Å². The predicted molar refractivity (Wildman–Crippen MR) is 118 cm³/mol. The van der Waals surface area contributed by atoms with E-state index in [0.29, 0.717) is 16.7 Å². The van der Waals surface area contributed by atoms with Gasteiger partial charge in [0.1, 0.15) is 17.5 Å². The van der Waals surface area contributed by atoms with E-state index < -0.39 is 33.9 Å². The monoisotopic (exact) mass is 479 g/mol. The zero-order chi connectivity index (χ0) is 23.8. The summed E-state index contributed by atoms with van der Waals surface area (Å²) in [6.07, 6.45) is 1.92. The summed E-state index contributed by atoms with van der Waals surface area (Å²) in [6.45, 7) is 3.26. The Bertz CT molecular complexity index is 1280. The molecule has 0 spiro atoms. The first-order chi connectivity index (χ1) is 15.7. The Hall–Kier alpha value is -2.79. The van der Waals surface area contributed by atoms with E-state index in [1.165, 1.54) is 24.4 Å². The lowest BCUT2D eigenvalue weighted by Gasteiger charge is -2.19. The van der Waals surface area contributed by atoms with Gasteiger partial charge in [0.25, 0.3) is 16.4 Å². The van der Waals surface area contributed by atoms with Crippen molar-refractivity contribution in [1.29, 1.82) is 0 Å². The summed E-state index contributed by atoms with van der Waals surface area (Å²) in [4.78, 5) is 12.7. The molecule has 11 heteroatoms. The summed E-state index contributed by atoms with van der Waals surface area (Å²) in [5.41, 5.74) is -0.235. The molecule has 4 rings (SSSR count). The third kappa shape index (κ3) is 4.93. The number of alkyl halides is 2. The van der Waals surface area contributed by atoms with Crippen LogP contribution in [-0.2, 0) is 10.0 Å². The Kier molecular flexibility index (Phi) is 6.53. The van der Waals surface area contributed by atoms with Crippen LogP contribution in [0.25, 0.3) is 10.9 Å². The van der Waals surface area contributed by atoms with Gasteiger partial charge in [0.15, 0.2) is 5.03 Å². The Morgan fingerprint density at radius 2 is 1.82 bits per heavy atom. The minimum Gasteiger partial charge on any atom is -0.363 e. The van der Waals surface area contributed by atoms with E-state index in [4.69, 9.17) is 0 Å². The zero-order valence-electron chi connectivity index (χ0n) is 18.1. The third-order valence-electron chi connectivity index (χ3n) is 5.73. The third-order valence-corrected chi connectivity index (χ3v) is 7.15. The first-order valence-corrected chi connectivity index (χ1v) is 12.1. The number of halogens is 3. The summed E-state index contributed by atoms with van der Waals surface area (Å²) in [6, 6.07) is 4.34. The maximum Gasteiger partial charge on any atom is 0.266 e. The topological polar surface area (TPSA) is 96.9 Å². The first-order valence-electron chi connectivity index (χ1n) is 10.7. The van der Waals surface area contributed by atoms with Crippen molar-refractivity contribution in [3.05, 3.63) is 53.2 Å². The van der Waals surface area contributed by atoms with E-state index in [1.807, 2.05) is 0 Å². The van der Waals surface area contributed by atoms with Gasteiger partial charge in [0.2, 0.25) is 0 Å². The van der Waals surface area contributed by atoms with E-state index in [0.717, 1.165) is 31.7 Å². The molecule has 0 unspecified atom stereocenters. The lowest BCUT2D eigenvalue weighted by molar-refractivity contribution is 0.146. The summed E-state index contributed by atoms with van der Waals surface area (Å²) >= 11 is 0. The lowest BCUT2D eigenvalue weighted by Crippen LogP contribution is -2.33. The molecule has 176 valence electrons. The molecule has 1 fully saturated rings. The minimum absolute atomic E-state index is 0.0435. The molecule has 1 saturated carbocycles. The minimum atomic E-state index is -3.85. The Balaban J connectivity index is 1.70. The van der Waals surface area contributed by atoms with Gasteiger partial charge < -0.3 is 5.32 Å². The van der Waals surface area contributed by atoms with Crippen molar-refractivity contribution >= 4 is 26.7 Å². The molecule has 2 heterocycles. The van der Waals surface area contributed by atoms with Crippen molar-refractivity contribution in [2.45, 2.75) is 63.1 Å². The molecule has 1 atom stereocenters. The number of nitrogens with zero attached hydrogens (tertiary/aromatic N) is 3. The number of anilines is 1. The molecule has 3 aromatic rings. The van der Waals surface area contributed by atoms with Crippen LogP contribution in [0.2, 0.25) is 0 Å². The number of benzene rings is 1. The molecular weight excluding hydrogens is 455 g/mol. The highest BCUT2D eigenvalue weighted by Gasteiger charge is 2.25. The Morgan fingerprint density at radius 3 is 2.52 bits per heavy atom. The van der Waals surface area contributed by atoms with Gasteiger partial charge >= 0.3 is 0 Å². The Morgan fingerprint density at radius 1 is 1.12 bits per heavy atom. The molecule has 0 radical (unpaired) electrons. The van der Waals surface area contributed by atoms with Crippen LogP contribution in [0.5, 0.6) is 0 Å². The second kappa shape index (κ2) is 9.22. The SMILES string of the molecule is Cc1nc(N[C@H](C)c2cccc(C(F)F)c2F)c2cc(S(=O)(=O)NC3CCCC3)ncc2n1. The Labute approximate surface area is 189 Å². The van der Waals surface area contributed by atoms with Gasteiger partial charge in [-0.25, -0.2) is 41.3 Å². The van der Waals surface area contributed by atoms with Crippen molar-refractivity contribution in [3.8, 4) is 0 Å².